The van der Waals surface area contributed by atoms with E-state index in [1.807, 2.05) is 43.6 Å². The summed E-state index contributed by atoms with van der Waals surface area (Å²) in [5, 5.41) is 4.84. The number of likely N-dealkylation sites (tertiary alicyclic amines) is 2. The van der Waals surface area contributed by atoms with Crippen molar-refractivity contribution in [2.24, 2.45) is 29.6 Å². The number of methoxy groups -OCH3 is 2. The number of aromatic nitrogens is 4. The van der Waals surface area contributed by atoms with E-state index in [1.165, 1.54) is 23.6 Å². The topological polar surface area (TPSA) is 163 Å². The molecule has 0 radical (unpaired) electrons. The van der Waals surface area contributed by atoms with Crippen LogP contribution >= 0.6 is 22.7 Å². The van der Waals surface area contributed by atoms with Gasteiger partial charge in [0.15, 0.2) is 0 Å². The summed E-state index contributed by atoms with van der Waals surface area (Å²) in [6.45, 7) is 13.2. The number of nitrogens with zero attached hydrogens (tertiary/aromatic N) is 4. The minimum atomic E-state index is -0.715. The molecule has 6 heterocycles. The highest BCUT2D eigenvalue weighted by Gasteiger charge is 2.42. The van der Waals surface area contributed by atoms with Gasteiger partial charge in [0.1, 0.15) is 17.7 Å². The van der Waals surface area contributed by atoms with Crippen LogP contribution in [-0.2, 0) is 23.9 Å². The second-order valence-electron chi connectivity index (χ2n) is 17.7. The van der Waals surface area contributed by atoms with E-state index in [1.54, 1.807) is 22.7 Å². The molecule has 1 unspecified atom stereocenters. The molecule has 13 nitrogen and oxygen atoms in total. The van der Waals surface area contributed by atoms with Crippen molar-refractivity contribution >= 4 is 67.0 Å². The third-order valence-corrected chi connectivity index (χ3v) is 14.6. The number of fused-ring (bicyclic) bond motifs is 2. The molecule has 0 aliphatic carbocycles. The zero-order valence-electron chi connectivity index (χ0n) is 36.5. The number of carbonyl (C=O) groups excluding carboxylic acids is 4. The summed E-state index contributed by atoms with van der Waals surface area (Å²) in [5.74, 6) is 0.763. The van der Waals surface area contributed by atoms with Crippen LogP contribution < -0.4 is 5.32 Å². The van der Waals surface area contributed by atoms with Gasteiger partial charge in [-0.1, -0.05) is 71.9 Å². The van der Waals surface area contributed by atoms with Crippen molar-refractivity contribution in [1.29, 1.82) is 0 Å². The molecule has 6 aromatic rings. The second-order valence-corrected chi connectivity index (χ2v) is 19.8. The fourth-order valence-corrected chi connectivity index (χ4v) is 11.2. The molecule has 3 amide bonds. The van der Waals surface area contributed by atoms with Gasteiger partial charge in [-0.15, -0.1) is 22.7 Å². The Balaban J connectivity index is 1.09. The first-order chi connectivity index (χ1) is 29.7. The molecule has 4 aromatic heterocycles. The fourth-order valence-electron chi connectivity index (χ4n) is 9.07. The molecule has 326 valence electrons. The van der Waals surface area contributed by atoms with Crippen LogP contribution in [-0.4, -0.2) is 87.0 Å². The molecule has 0 spiro atoms. The molecular formula is C47H55N7O6S2. The maximum absolute atomic E-state index is 14.2. The minimum absolute atomic E-state index is 0.0347. The maximum Gasteiger partial charge on any atom is 0.407 e. The molecule has 15 heteroatoms. The number of nitrogens with one attached hydrogen (secondary N) is 3. The standard InChI is InChI=1S/C47H55N7O6S2/c1-24(2)31(20-39(55)59-7)45(56)53-22-26(5)18-35(53)44-50-41(42(51-44)38-21-37-36(62-38)15-16-61-37)29-11-9-28(10-12-29)30-13-14-32-33(19-30)49-43(48-32)34-17-27(6)23-54(34)46(57)40(25(3)4)52-47(58)60-8/h9-16,19,21,24-27,31,34-35,40H,17-18,20,22-23H2,1-8H3,(H,48,49)(H,50,51)(H,52,58)/t26-,27-,31-,34-,35?,40-/m0/s1. The van der Waals surface area contributed by atoms with Gasteiger partial charge < -0.3 is 34.6 Å². The Bertz CT molecular complexity index is 2580. The SMILES string of the molecule is COC(=O)C[C@H](C(=O)N1C[C@@H](C)CC1c1nc(-c2ccc(-c3ccc4nc([C@@H]5C[C@H](C)CN5C(=O)[C@@H](NC(=O)OC)C(C)C)[nH]c4c3)cc2)c(-c2cc3sccc3s2)[nH]1)C(C)C. The third-order valence-electron chi connectivity index (χ3n) is 12.4. The van der Waals surface area contributed by atoms with Crippen LogP contribution in [0.1, 0.15) is 84.5 Å². The van der Waals surface area contributed by atoms with Crippen molar-refractivity contribution in [3.05, 3.63) is 71.6 Å². The highest BCUT2D eigenvalue weighted by atomic mass is 32.1. The summed E-state index contributed by atoms with van der Waals surface area (Å²) < 4.78 is 12.2. The van der Waals surface area contributed by atoms with Crippen LogP contribution in [0.2, 0.25) is 0 Å². The zero-order chi connectivity index (χ0) is 44.0. The quantitative estimate of drug-likeness (QED) is 0.102. The van der Waals surface area contributed by atoms with Crippen LogP contribution in [0.25, 0.3) is 53.4 Å². The normalized spacial score (nSPS) is 20.1. The van der Waals surface area contributed by atoms with Crippen molar-refractivity contribution in [3.63, 3.8) is 0 Å². The Hall–Kier alpha value is -5.54. The van der Waals surface area contributed by atoms with Crippen LogP contribution in [0.4, 0.5) is 4.79 Å². The summed E-state index contributed by atoms with van der Waals surface area (Å²) in [5.41, 5.74) is 6.40. The number of amides is 3. The van der Waals surface area contributed by atoms with E-state index in [0.717, 1.165) is 68.5 Å². The Labute approximate surface area is 369 Å². The van der Waals surface area contributed by atoms with Crippen molar-refractivity contribution in [2.45, 2.75) is 78.9 Å². The van der Waals surface area contributed by atoms with E-state index in [2.05, 4.69) is 83.0 Å². The van der Waals surface area contributed by atoms with E-state index in [-0.39, 0.29) is 60.0 Å². The number of aromatic amines is 2. The smallest absolute Gasteiger partial charge is 0.407 e. The number of thiophene rings is 2. The highest BCUT2D eigenvalue weighted by Crippen LogP contribution is 2.44. The average molecular weight is 878 g/mol. The number of imidazole rings is 2. The Morgan fingerprint density at radius 3 is 2.05 bits per heavy atom. The number of H-pyrrole nitrogens is 2. The molecule has 0 saturated carbocycles. The molecule has 0 bridgehead atoms. The van der Waals surface area contributed by atoms with Gasteiger partial charge in [-0.25, -0.2) is 14.8 Å². The summed E-state index contributed by atoms with van der Waals surface area (Å²) in [7, 11) is 2.66. The number of rotatable bonds is 12. The molecule has 6 atom stereocenters. The van der Waals surface area contributed by atoms with Crippen molar-refractivity contribution in [1.82, 2.24) is 35.1 Å². The average Bonchev–Trinajstić information content (AvgIpc) is 4.11. The Morgan fingerprint density at radius 2 is 1.42 bits per heavy atom. The van der Waals surface area contributed by atoms with E-state index in [0.29, 0.717) is 13.1 Å². The lowest BCUT2D eigenvalue weighted by atomic mass is 9.90. The van der Waals surface area contributed by atoms with Crippen LogP contribution in [0.3, 0.4) is 0 Å². The number of carbonyl (C=O) groups is 4. The number of hydrogen-bond donors (Lipinski definition) is 3. The van der Waals surface area contributed by atoms with E-state index >= 15 is 0 Å². The predicted molar refractivity (Wildman–Crippen MR) is 243 cm³/mol. The fraction of sp³-hybridized carbons (Fsp3) is 0.447. The van der Waals surface area contributed by atoms with Gasteiger partial charge in [-0.05, 0) is 77.3 Å². The number of hydrogen-bond acceptors (Lipinski definition) is 10. The molecule has 8 rings (SSSR count). The van der Waals surface area contributed by atoms with Gasteiger partial charge in [-0.2, -0.15) is 0 Å². The third kappa shape index (κ3) is 8.48. The lowest BCUT2D eigenvalue weighted by Gasteiger charge is -2.30. The van der Waals surface area contributed by atoms with Gasteiger partial charge in [0.2, 0.25) is 11.8 Å². The second kappa shape index (κ2) is 17.7. The molecule has 62 heavy (non-hydrogen) atoms. The Kier molecular flexibility index (Phi) is 12.3. The molecule has 2 saturated heterocycles. The number of benzene rings is 2. The van der Waals surface area contributed by atoms with Gasteiger partial charge in [0.25, 0.3) is 0 Å². The number of esters is 1. The lowest BCUT2D eigenvalue weighted by molar-refractivity contribution is -0.148. The van der Waals surface area contributed by atoms with Gasteiger partial charge in [0.05, 0.1) is 65.9 Å². The van der Waals surface area contributed by atoms with Crippen LogP contribution in [0, 0.1) is 29.6 Å². The lowest BCUT2D eigenvalue weighted by Crippen LogP contribution is -2.51. The Morgan fingerprint density at radius 1 is 0.774 bits per heavy atom. The van der Waals surface area contributed by atoms with E-state index in [4.69, 9.17) is 19.4 Å². The minimum Gasteiger partial charge on any atom is -0.469 e. The molecule has 3 N–H and O–H groups in total. The number of ether oxygens (including phenoxy) is 2. The first-order valence-corrected chi connectivity index (χ1v) is 23.1. The predicted octanol–water partition coefficient (Wildman–Crippen LogP) is 9.60. The zero-order valence-corrected chi connectivity index (χ0v) is 38.1. The molecule has 2 aliphatic rings. The van der Waals surface area contributed by atoms with Gasteiger partial charge >= 0.3 is 12.1 Å². The number of alkyl carbamates (subject to hydrolysis) is 1. The summed E-state index contributed by atoms with van der Waals surface area (Å²) in [4.78, 5) is 74.9. The molecule has 2 fully saturated rings. The maximum atomic E-state index is 14.2. The van der Waals surface area contributed by atoms with Crippen LogP contribution in [0.15, 0.2) is 60.0 Å². The van der Waals surface area contributed by atoms with Gasteiger partial charge in [0, 0.05) is 28.1 Å². The van der Waals surface area contributed by atoms with Crippen molar-refractivity contribution < 1.29 is 28.7 Å². The monoisotopic (exact) mass is 877 g/mol. The molecule has 2 aromatic carbocycles. The highest BCUT2D eigenvalue weighted by molar-refractivity contribution is 7.28. The molecule has 2 aliphatic heterocycles. The van der Waals surface area contributed by atoms with E-state index < -0.39 is 18.1 Å². The summed E-state index contributed by atoms with van der Waals surface area (Å²) >= 11 is 3.43. The summed E-state index contributed by atoms with van der Waals surface area (Å²) in [6, 6.07) is 17.7. The summed E-state index contributed by atoms with van der Waals surface area (Å²) in [6.07, 6.45) is 0.930. The van der Waals surface area contributed by atoms with E-state index in [9.17, 15) is 19.2 Å². The van der Waals surface area contributed by atoms with Crippen LogP contribution in [0.5, 0.6) is 0 Å². The van der Waals surface area contributed by atoms with Crippen molar-refractivity contribution in [2.75, 3.05) is 27.3 Å². The van der Waals surface area contributed by atoms with Gasteiger partial charge in [-0.3, -0.25) is 14.4 Å². The van der Waals surface area contributed by atoms with Crippen molar-refractivity contribution in [3.8, 4) is 33.0 Å². The largest absolute Gasteiger partial charge is 0.469 e. The first kappa shape index (κ1) is 43.1. The first-order valence-electron chi connectivity index (χ1n) is 21.4. The molecular weight excluding hydrogens is 823 g/mol.